The highest BCUT2D eigenvalue weighted by atomic mass is 19.2. The molecule has 5 nitrogen and oxygen atoms in total. The lowest BCUT2D eigenvalue weighted by atomic mass is 9.74. The molecule has 3 heterocycles. The first-order valence-corrected chi connectivity index (χ1v) is 13.2. The minimum atomic E-state index is -1.38. The molecule has 0 spiro atoms. The largest absolute Gasteiger partial charge is 0.493 e. The van der Waals surface area contributed by atoms with Crippen molar-refractivity contribution in [2.45, 2.75) is 43.4 Å². The van der Waals surface area contributed by atoms with Crippen LogP contribution in [0.25, 0.3) is 0 Å². The second-order valence-corrected chi connectivity index (χ2v) is 10.2. The number of benzene rings is 2. The van der Waals surface area contributed by atoms with Crippen molar-refractivity contribution in [1.29, 1.82) is 0 Å². The first kappa shape index (κ1) is 25.8. The van der Waals surface area contributed by atoms with Gasteiger partial charge in [-0.25, -0.2) is 17.6 Å². The number of aliphatic imine (C=N–C) groups is 1. The van der Waals surface area contributed by atoms with Gasteiger partial charge < -0.3 is 19.9 Å². The van der Waals surface area contributed by atoms with Crippen LogP contribution in [-0.2, 0) is 4.74 Å². The summed E-state index contributed by atoms with van der Waals surface area (Å²) in [5.74, 6) is -5.23. The van der Waals surface area contributed by atoms with Gasteiger partial charge in [-0.2, -0.15) is 0 Å². The van der Waals surface area contributed by atoms with Crippen LogP contribution >= 0.6 is 0 Å². The fourth-order valence-electron chi connectivity index (χ4n) is 6.13. The van der Waals surface area contributed by atoms with Crippen molar-refractivity contribution in [1.82, 2.24) is 5.32 Å². The number of para-hydroxylation sites is 1. The molecular weight excluding hydrogens is 512 g/mol. The van der Waals surface area contributed by atoms with Crippen LogP contribution in [0.2, 0.25) is 0 Å². The Morgan fingerprint density at radius 2 is 1.74 bits per heavy atom. The zero-order valence-electron chi connectivity index (χ0n) is 21.0. The van der Waals surface area contributed by atoms with Gasteiger partial charge in [0.2, 0.25) is 0 Å². The van der Waals surface area contributed by atoms with Gasteiger partial charge >= 0.3 is 0 Å². The van der Waals surface area contributed by atoms with Gasteiger partial charge in [0.1, 0.15) is 23.6 Å². The van der Waals surface area contributed by atoms with Crippen LogP contribution in [0.1, 0.15) is 42.2 Å². The Morgan fingerprint density at radius 3 is 2.56 bits per heavy atom. The summed E-state index contributed by atoms with van der Waals surface area (Å²) in [6.07, 6.45) is 5.35. The average Bonchev–Trinajstić information content (AvgIpc) is 2.95. The minimum absolute atomic E-state index is 0.000212. The summed E-state index contributed by atoms with van der Waals surface area (Å²) < 4.78 is 69.6. The van der Waals surface area contributed by atoms with Gasteiger partial charge in [-0.3, -0.25) is 4.99 Å². The lowest BCUT2D eigenvalue weighted by Gasteiger charge is -2.38. The molecule has 3 unspecified atom stereocenters. The molecular formula is C30H28F4N2O3. The zero-order chi connectivity index (χ0) is 27.1. The molecule has 0 bridgehead atoms. The quantitative estimate of drug-likeness (QED) is 0.295. The fraction of sp³-hybridized carbons (Fsp3) is 0.367. The minimum Gasteiger partial charge on any atom is -0.493 e. The third-order valence-electron chi connectivity index (χ3n) is 7.99. The van der Waals surface area contributed by atoms with E-state index in [0.717, 1.165) is 23.0 Å². The number of rotatable bonds is 5. The number of allylic oxidation sites excluding steroid dienone is 3. The van der Waals surface area contributed by atoms with E-state index in [9.17, 15) is 18.3 Å². The van der Waals surface area contributed by atoms with Gasteiger partial charge in [-0.1, -0.05) is 24.3 Å². The van der Waals surface area contributed by atoms with Gasteiger partial charge in [0, 0.05) is 42.5 Å². The molecule has 1 saturated heterocycles. The predicted molar refractivity (Wildman–Crippen MR) is 138 cm³/mol. The average molecular weight is 541 g/mol. The molecule has 3 aliphatic heterocycles. The van der Waals surface area contributed by atoms with E-state index in [1.807, 2.05) is 24.3 Å². The van der Waals surface area contributed by atoms with Crippen molar-refractivity contribution in [3.63, 3.8) is 0 Å². The van der Waals surface area contributed by atoms with E-state index < -0.39 is 47.0 Å². The van der Waals surface area contributed by atoms with Crippen LogP contribution in [-0.4, -0.2) is 43.4 Å². The Balaban J connectivity index is 1.38. The van der Waals surface area contributed by atoms with E-state index in [2.05, 4.69) is 10.3 Å². The molecule has 4 atom stereocenters. The first-order chi connectivity index (χ1) is 18.9. The van der Waals surface area contributed by atoms with Gasteiger partial charge in [0.15, 0.2) is 11.6 Å². The van der Waals surface area contributed by atoms with Crippen LogP contribution in [0.4, 0.5) is 17.6 Å². The summed E-state index contributed by atoms with van der Waals surface area (Å²) in [6, 6.07) is 7.92. The normalized spacial score (nSPS) is 25.7. The van der Waals surface area contributed by atoms with E-state index in [4.69, 9.17) is 9.47 Å². The highest BCUT2D eigenvalue weighted by molar-refractivity contribution is 5.84. The van der Waals surface area contributed by atoms with Crippen molar-refractivity contribution in [2.75, 3.05) is 19.8 Å². The smallest absolute Gasteiger partial charge is 0.163 e. The monoisotopic (exact) mass is 540 g/mol. The van der Waals surface area contributed by atoms with Gasteiger partial charge in [-0.15, -0.1) is 0 Å². The number of aliphatic hydroxyl groups excluding tert-OH is 1. The van der Waals surface area contributed by atoms with E-state index in [1.165, 1.54) is 12.3 Å². The summed E-state index contributed by atoms with van der Waals surface area (Å²) in [7, 11) is 0. The van der Waals surface area contributed by atoms with Crippen molar-refractivity contribution >= 4 is 6.21 Å². The molecule has 0 saturated carbocycles. The third kappa shape index (κ3) is 4.78. The third-order valence-corrected chi connectivity index (χ3v) is 7.99. The zero-order valence-corrected chi connectivity index (χ0v) is 21.0. The molecule has 1 fully saturated rings. The van der Waals surface area contributed by atoms with E-state index in [0.29, 0.717) is 56.4 Å². The number of nitrogens with one attached hydrogen (secondary N) is 1. The van der Waals surface area contributed by atoms with E-state index in [1.54, 1.807) is 6.08 Å². The molecule has 39 heavy (non-hydrogen) atoms. The number of nitrogens with zero attached hydrogens (tertiary/aromatic N) is 1. The number of aliphatic hydroxyl groups is 1. The maximum Gasteiger partial charge on any atom is 0.163 e. The molecule has 2 N–H and O–H groups in total. The molecule has 9 heteroatoms. The molecule has 0 aromatic heterocycles. The highest BCUT2D eigenvalue weighted by Gasteiger charge is 2.41. The first-order valence-electron chi connectivity index (χ1n) is 13.2. The standard InChI is InChI=1S/C30H28F4N2O3/c31-17-13-21(28(34)23(33)14-17)27-22(32)6-5-20-26(16-7-10-38-11-8-16)24(15-35-29(20)27)36-30(37)19-9-12-39-25-4-2-1-3-18(19)25/h1-6,13-16,19,27,29-30,36-37H,7-12H2/t19-,27?,29?,30?/m0/s1. The SMILES string of the molecule is OC(NC1=C(C2CCOCC2)C2=CC=C(F)C(c3cc(F)cc(F)c3F)C2N=C1)[C@H]1CCOc2ccccc21. The number of ether oxygens (including phenoxy) is 2. The van der Waals surface area contributed by atoms with Crippen molar-refractivity contribution in [2.24, 2.45) is 10.9 Å². The lowest BCUT2D eigenvalue weighted by Crippen LogP contribution is -2.40. The van der Waals surface area contributed by atoms with Gasteiger partial charge in [0.05, 0.1) is 24.3 Å². The lowest BCUT2D eigenvalue weighted by molar-refractivity contribution is 0.0746. The molecule has 0 amide bonds. The molecule has 4 aliphatic rings. The number of hydrogen-bond donors (Lipinski definition) is 2. The predicted octanol–water partition coefficient (Wildman–Crippen LogP) is 5.59. The Bertz CT molecular complexity index is 1400. The maximum atomic E-state index is 15.2. The molecule has 2 aromatic rings. The topological polar surface area (TPSA) is 63.1 Å². The Labute approximate surface area is 223 Å². The maximum absolute atomic E-state index is 15.2. The number of halogens is 4. The van der Waals surface area contributed by atoms with E-state index in [-0.39, 0.29) is 11.8 Å². The molecule has 204 valence electrons. The van der Waals surface area contributed by atoms with Crippen LogP contribution < -0.4 is 10.1 Å². The Hall–Kier alpha value is -3.43. The summed E-state index contributed by atoms with van der Waals surface area (Å²) in [4.78, 5) is 4.56. The van der Waals surface area contributed by atoms with Crippen LogP contribution in [0.3, 0.4) is 0 Å². The summed E-state index contributed by atoms with van der Waals surface area (Å²) in [5, 5.41) is 14.6. The highest BCUT2D eigenvalue weighted by Crippen LogP contribution is 2.46. The van der Waals surface area contributed by atoms with Crippen LogP contribution in [0, 0.1) is 23.4 Å². The van der Waals surface area contributed by atoms with Crippen LogP contribution in [0.5, 0.6) is 5.75 Å². The molecule has 2 aromatic carbocycles. The Morgan fingerprint density at radius 1 is 0.949 bits per heavy atom. The summed E-state index contributed by atoms with van der Waals surface area (Å²) >= 11 is 0. The molecule has 6 rings (SSSR count). The second kappa shape index (κ2) is 10.6. The Kier molecular flexibility index (Phi) is 7.03. The van der Waals surface area contributed by atoms with Gasteiger partial charge in [-0.05, 0) is 54.5 Å². The molecule has 0 radical (unpaired) electrons. The molecule has 1 aliphatic carbocycles. The number of hydrogen-bond acceptors (Lipinski definition) is 5. The summed E-state index contributed by atoms with van der Waals surface area (Å²) in [5.41, 5.74) is 2.51. The fourth-order valence-corrected chi connectivity index (χ4v) is 6.13. The second-order valence-electron chi connectivity index (χ2n) is 10.2. The van der Waals surface area contributed by atoms with Crippen molar-refractivity contribution in [3.05, 3.63) is 99.8 Å². The number of fused-ring (bicyclic) bond motifs is 2. The van der Waals surface area contributed by atoms with Crippen molar-refractivity contribution < 1.29 is 32.1 Å². The number of dihydropyridines is 1. The van der Waals surface area contributed by atoms with Gasteiger partial charge in [0.25, 0.3) is 0 Å². The summed E-state index contributed by atoms with van der Waals surface area (Å²) in [6.45, 7) is 1.53. The van der Waals surface area contributed by atoms with Crippen molar-refractivity contribution in [3.8, 4) is 5.75 Å². The van der Waals surface area contributed by atoms with E-state index >= 15 is 4.39 Å². The van der Waals surface area contributed by atoms with Crippen LogP contribution in [0.15, 0.2) is 76.2 Å².